The lowest BCUT2D eigenvalue weighted by atomic mass is 10.2. The first-order chi connectivity index (χ1) is 6.42. The average molecular weight is 257 g/mol. The molecule has 78 valence electrons. The summed E-state index contributed by atoms with van der Waals surface area (Å²) in [6, 6.07) is 5.12. The zero-order chi connectivity index (χ0) is 10.8. The molecule has 1 rings (SSSR count). The van der Waals surface area contributed by atoms with E-state index in [1.165, 1.54) is 24.3 Å². The van der Waals surface area contributed by atoms with E-state index in [9.17, 15) is 12.8 Å². The molecule has 0 bridgehead atoms. The standard InChI is InChI=1S/C8H7Cl2FO2S/c9-8(10)14(12,13)5-6-1-3-7(11)4-2-6/h1-4,8H,5H2. The van der Waals surface area contributed by atoms with Crippen molar-refractivity contribution in [2.24, 2.45) is 0 Å². The van der Waals surface area contributed by atoms with Gasteiger partial charge in [-0.1, -0.05) is 35.3 Å². The summed E-state index contributed by atoms with van der Waals surface area (Å²) in [5.74, 6) is -0.704. The van der Waals surface area contributed by atoms with Crippen molar-refractivity contribution in [2.75, 3.05) is 0 Å². The van der Waals surface area contributed by atoms with Crippen molar-refractivity contribution in [1.29, 1.82) is 0 Å². The van der Waals surface area contributed by atoms with Gasteiger partial charge in [-0.25, -0.2) is 12.8 Å². The van der Waals surface area contributed by atoms with Crippen LogP contribution in [0.3, 0.4) is 0 Å². The van der Waals surface area contributed by atoms with Crippen molar-refractivity contribution in [1.82, 2.24) is 0 Å². The van der Waals surface area contributed by atoms with Crippen molar-refractivity contribution in [3.05, 3.63) is 35.6 Å². The predicted molar refractivity (Wildman–Crippen MR) is 54.5 cm³/mol. The van der Waals surface area contributed by atoms with E-state index in [2.05, 4.69) is 0 Å². The van der Waals surface area contributed by atoms with Gasteiger partial charge in [0.05, 0.1) is 5.75 Å². The maximum atomic E-state index is 12.5. The summed E-state index contributed by atoms with van der Waals surface area (Å²) in [6.45, 7) is 0. The Morgan fingerprint density at radius 3 is 2.14 bits per heavy atom. The molecule has 0 aliphatic rings. The molecule has 0 unspecified atom stereocenters. The van der Waals surface area contributed by atoms with Gasteiger partial charge >= 0.3 is 0 Å². The highest BCUT2D eigenvalue weighted by atomic mass is 35.5. The lowest BCUT2D eigenvalue weighted by molar-refractivity contribution is 0.597. The number of hydrogen-bond acceptors (Lipinski definition) is 2. The van der Waals surface area contributed by atoms with Crippen LogP contribution in [0.1, 0.15) is 5.56 Å². The minimum absolute atomic E-state index is 0.287. The van der Waals surface area contributed by atoms with Crippen LogP contribution >= 0.6 is 23.2 Å². The number of benzene rings is 1. The molecule has 1 aromatic rings. The summed E-state index contributed by atoms with van der Waals surface area (Å²) >= 11 is 10.5. The summed E-state index contributed by atoms with van der Waals surface area (Å²) in [6.07, 6.45) is 0. The fraction of sp³-hybridized carbons (Fsp3) is 0.250. The van der Waals surface area contributed by atoms with E-state index in [1.807, 2.05) is 0 Å². The molecule has 14 heavy (non-hydrogen) atoms. The molecule has 0 saturated carbocycles. The molecule has 0 aromatic heterocycles. The Bertz CT molecular complexity index is 400. The third kappa shape index (κ3) is 3.12. The van der Waals surface area contributed by atoms with Crippen LogP contribution < -0.4 is 0 Å². The SMILES string of the molecule is O=S(=O)(Cc1ccc(F)cc1)C(Cl)Cl. The molecule has 0 heterocycles. The van der Waals surface area contributed by atoms with Gasteiger partial charge in [-0.3, -0.25) is 0 Å². The van der Waals surface area contributed by atoms with E-state index in [1.54, 1.807) is 0 Å². The fourth-order valence-corrected chi connectivity index (χ4v) is 2.04. The van der Waals surface area contributed by atoms with Crippen LogP contribution in [0.2, 0.25) is 0 Å². The van der Waals surface area contributed by atoms with Gasteiger partial charge in [0.2, 0.25) is 4.17 Å². The normalized spacial score (nSPS) is 12.0. The van der Waals surface area contributed by atoms with Crippen molar-refractivity contribution in [3.63, 3.8) is 0 Å². The molecule has 0 spiro atoms. The quantitative estimate of drug-likeness (QED) is 0.779. The first kappa shape index (κ1) is 11.8. The number of alkyl halides is 2. The molecule has 0 aliphatic carbocycles. The molecule has 0 N–H and O–H groups in total. The van der Waals surface area contributed by atoms with E-state index >= 15 is 0 Å². The summed E-state index contributed by atoms with van der Waals surface area (Å²) in [7, 11) is -3.56. The van der Waals surface area contributed by atoms with Crippen molar-refractivity contribution in [2.45, 2.75) is 9.92 Å². The highest BCUT2D eigenvalue weighted by Gasteiger charge is 2.20. The monoisotopic (exact) mass is 256 g/mol. The van der Waals surface area contributed by atoms with Gasteiger partial charge in [-0.15, -0.1) is 0 Å². The smallest absolute Gasteiger partial charge is 0.208 e. The summed E-state index contributed by atoms with van der Waals surface area (Å²) in [5.41, 5.74) is 0.456. The molecule has 0 saturated heterocycles. The zero-order valence-electron chi connectivity index (χ0n) is 6.95. The second-order valence-corrected chi connectivity index (χ2v) is 6.39. The summed E-state index contributed by atoms with van der Waals surface area (Å²) in [4.78, 5) is 0. The number of hydrogen-bond donors (Lipinski definition) is 0. The lowest BCUT2D eigenvalue weighted by Gasteiger charge is -2.04. The maximum absolute atomic E-state index is 12.5. The lowest BCUT2D eigenvalue weighted by Crippen LogP contribution is -2.11. The van der Waals surface area contributed by atoms with Gasteiger partial charge in [0.15, 0.2) is 9.84 Å². The topological polar surface area (TPSA) is 34.1 Å². The zero-order valence-corrected chi connectivity index (χ0v) is 9.28. The minimum atomic E-state index is -3.56. The Hall–Kier alpha value is -0.320. The van der Waals surface area contributed by atoms with Gasteiger partial charge in [-0.05, 0) is 17.7 Å². The molecule has 1 aromatic carbocycles. The van der Waals surface area contributed by atoms with E-state index in [0.29, 0.717) is 5.56 Å². The van der Waals surface area contributed by atoms with E-state index < -0.39 is 19.8 Å². The molecule has 0 aliphatic heterocycles. The number of sulfone groups is 1. The third-order valence-electron chi connectivity index (χ3n) is 1.55. The van der Waals surface area contributed by atoms with Crippen LogP contribution in [0.5, 0.6) is 0 Å². The largest absolute Gasteiger partial charge is 0.226 e. The minimum Gasteiger partial charge on any atom is -0.226 e. The van der Waals surface area contributed by atoms with Gasteiger partial charge < -0.3 is 0 Å². The van der Waals surface area contributed by atoms with E-state index in [4.69, 9.17) is 23.2 Å². The Kier molecular flexibility index (Phi) is 3.75. The Labute approximate surface area is 91.6 Å². The van der Waals surface area contributed by atoms with E-state index in [0.717, 1.165) is 0 Å². The van der Waals surface area contributed by atoms with Crippen molar-refractivity contribution >= 4 is 33.0 Å². The molecule has 0 radical (unpaired) electrons. The number of rotatable bonds is 3. The first-order valence-corrected chi connectivity index (χ1v) is 6.25. The molecule has 0 fully saturated rings. The molecule has 0 amide bonds. The maximum Gasteiger partial charge on any atom is 0.208 e. The molecular weight excluding hydrogens is 250 g/mol. The van der Waals surface area contributed by atoms with Crippen LogP contribution in [0.15, 0.2) is 24.3 Å². The molecule has 6 heteroatoms. The summed E-state index contributed by atoms with van der Waals surface area (Å²) in [5, 5.41) is 0. The fourth-order valence-electron chi connectivity index (χ4n) is 0.876. The second-order valence-electron chi connectivity index (χ2n) is 2.69. The summed E-state index contributed by atoms with van der Waals surface area (Å²) < 4.78 is 33.5. The Morgan fingerprint density at radius 2 is 1.71 bits per heavy atom. The molecular formula is C8H7Cl2FO2S. The number of halogens is 3. The Morgan fingerprint density at radius 1 is 1.21 bits per heavy atom. The van der Waals surface area contributed by atoms with Gasteiger partial charge in [0.25, 0.3) is 0 Å². The van der Waals surface area contributed by atoms with Gasteiger partial charge in [-0.2, -0.15) is 0 Å². The van der Waals surface area contributed by atoms with Crippen LogP contribution in [0.25, 0.3) is 0 Å². The predicted octanol–water partition coefficient (Wildman–Crippen LogP) is 2.50. The van der Waals surface area contributed by atoms with Crippen molar-refractivity contribution < 1.29 is 12.8 Å². The van der Waals surface area contributed by atoms with Crippen LogP contribution in [-0.2, 0) is 15.6 Å². The highest BCUT2D eigenvalue weighted by Crippen LogP contribution is 2.17. The first-order valence-electron chi connectivity index (χ1n) is 3.66. The van der Waals surface area contributed by atoms with Crippen LogP contribution in [0.4, 0.5) is 4.39 Å². The second kappa shape index (κ2) is 4.47. The molecule has 0 atom stereocenters. The van der Waals surface area contributed by atoms with Crippen LogP contribution in [0, 0.1) is 5.82 Å². The van der Waals surface area contributed by atoms with Crippen molar-refractivity contribution in [3.8, 4) is 0 Å². The van der Waals surface area contributed by atoms with E-state index in [-0.39, 0.29) is 5.75 Å². The van der Waals surface area contributed by atoms with Gasteiger partial charge in [0, 0.05) is 0 Å². The third-order valence-corrected chi connectivity index (χ3v) is 4.46. The van der Waals surface area contributed by atoms with Gasteiger partial charge in [0.1, 0.15) is 5.82 Å². The Balaban J connectivity index is 2.85. The average Bonchev–Trinajstić information content (AvgIpc) is 2.08. The highest BCUT2D eigenvalue weighted by molar-refractivity contribution is 7.93. The molecule has 2 nitrogen and oxygen atoms in total. The van der Waals surface area contributed by atoms with Crippen LogP contribution in [-0.4, -0.2) is 12.6 Å².